The Morgan fingerprint density at radius 1 is 1.38 bits per heavy atom. The maximum absolute atomic E-state index is 12.7. The van der Waals surface area contributed by atoms with E-state index in [0.717, 1.165) is 24.2 Å². The molecule has 3 N–H and O–H groups in total. The molecule has 5 heteroatoms. The Labute approximate surface area is 144 Å². The Morgan fingerprint density at radius 3 is 2.62 bits per heavy atom. The number of anilines is 1. The van der Waals surface area contributed by atoms with E-state index in [0.29, 0.717) is 31.0 Å². The Balaban J connectivity index is 2.06. The minimum Gasteiger partial charge on any atom is -0.338 e. The molecule has 0 spiro atoms. The van der Waals surface area contributed by atoms with E-state index in [1.807, 2.05) is 37.8 Å². The largest absolute Gasteiger partial charge is 0.338 e. The number of hydrogen-bond donors (Lipinski definition) is 2. The van der Waals surface area contributed by atoms with Gasteiger partial charge in [-0.05, 0) is 55.0 Å². The van der Waals surface area contributed by atoms with Gasteiger partial charge in [-0.1, -0.05) is 20.8 Å². The quantitative estimate of drug-likeness (QED) is 0.871. The summed E-state index contributed by atoms with van der Waals surface area (Å²) < 4.78 is 0. The second-order valence-electron chi connectivity index (χ2n) is 7.67. The Bertz CT molecular complexity index is 627. The highest BCUT2D eigenvalue weighted by Crippen LogP contribution is 2.30. The molecule has 1 heterocycles. The zero-order valence-corrected chi connectivity index (χ0v) is 15.2. The normalized spacial score (nSPS) is 20.5. The third-order valence-electron chi connectivity index (χ3n) is 4.68. The van der Waals surface area contributed by atoms with E-state index < -0.39 is 0 Å². The highest BCUT2D eigenvalue weighted by Gasteiger charge is 2.35. The lowest BCUT2D eigenvalue weighted by Crippen LogP contribution is -2.34. The standard InChI is InChI=1S/C19H29N3O2/c1-13(2)9-17(23)21-16-6-5-15(10-14(16)3)18(24)22-8-7-19(4,11-20)12-22/h5-6,10,13H,7-9,11-12,20H2,1-4H3,(H,21,23). The summed E-state index contributed by atoms with van der Waals surface area (Å²) >= 11 is 0. The lowest BCUT2D eigenvalue weighted by atomic mass is 9.90. The van der Waals surface area contributed by atoms with Crippen LogP contribution in [0.1, 0.15) is 49.5 Å². The number of nitrogens with zero attached hydrogens (tertiary/aromatic N) is 1. The van der Waals surface area contributed by atoms with Gasteiger partial charge in [0.05, 0.1) is 0 Å². The first kappa shape index (κ1) is 18.5. The van der Waals surface area contributed by atoms with E-state index >= 15 is 0 Å². The average molecular weight is 331 g/mol. The fraction of sp³-hybridized carbons (Fsp3) is 0.579. The topological polar surface area (TPSA) is 75.4 Å². The van der Waals surface area contributed by atoms with E-state index in [2.05, 4.69) is 12.2 Å². The number of carbonyl (C=O) groups is 2. The van der Waals surface area contributed by atoms with Gasteiger partial charge in [-0.2, -0.15) is 0 Å². The fourth-order valence-electron chi connectivity index (χ4n) is 3.06. The highest BCUT2D eigenvalue weighted by atomic mass is 16.2. The van der Waals surface area contributed by atoms with E-state index in [1.165, 1.54) is 0 Å². The van der Waals surface area contributed by atoms with Crippen LogP contribution in [0.3, 0.4) is 0 Å². The summed E-state index contributed by atoms with van der Waals surface area (Å²) in [7, 11) is 0. The second-order valence-corrected chi connectivity index (χ2v) is 7.67. The lowest BCUT2D eigenvalue weighted by Gasteiger charge is -2.22. The molecular weight excluding hydrogens is 302 g/mol. The van der Waals surface area contributed by atoms with Crippen LogP contribution in [0.25, 0.3) is 0 Å². The van der Waals surface area contributed by atoms with Gasteiger partial charge >= 0.3 is 0 Å². The van der Waals surface area contributed by atoms with Crippen LogP contribution in [-0.4, -0.2) is 36.3 Å². The van der Waals surface area contributed by atoms with Crippen molar-refractivity contribution >= 4 is 17.5 Å². The molecule has 5 nitrogen and oxygen atoms in total. The molecule has 2 amide bonds. The Morgan fingerprint density at radius 2 is 2.08 bits per heavy atom. The molecule has 1 aliphatic rings. The second kappa shape index (κ2) is 7.34. The van der Waals surface area contributed by atoms with Crippen molar-refractivity contribution in [2.24, 2.45) is 17.1 Å². The van der Waals surface area contributed by atoms with Crippen molar-refractivity contribution in [3.05, 3.63) is 29.3 Å². The first-order chi connectivity index (χ1) is 11.2. The molecule has 2 rings (SSSR count). The predicted octanol–water partition coefficient (Wildman–Crippen LogP) is 2.79. The van der Waals surface area contributed by atoms with Crippen molar-refractivity contribution in [1.82, 2.24) is 4.90 Å². The minimum absolute atomic E-state index is 0.00503. The van der Waals surface area contributed by atoms with Gasteiger partial charge in [0.1, 0.15) is 0 Å². The first-order valence-electron chi connectivity index (χ1n) is 8.64. The van der Waals surface area contributed by atoms with Crippen molar-refractivity contribution in [3.63, 3.8) is 0 Å². The third-order valence-corrected chi connectivity index (χ3v) is 4.68. The van der Waals surface area contributed by atoms with Crippen LogP contribution in [0.15, 0.2) is 18.2 Å². The number of nitrogens with one attached hydrogen (secondary N) is 1. The maximum atomic E-state index is 12.7. The van der Waals surface area contributed by atoms with Crippen LogP contribution in [0.4, 0.5) is 5.69 Å². The summed E-state index contributed by atoms with van der Waals surface area (Å²) in [6.45, 7) is 10.1. The van der Waals surface area contributed by atoms with Crippen LogP contribution in [0.2, 0.25) is 0 Å². The molecule has 0 aromatic heterocycles. The van der Waals surface area contributed by atoms with Gasteiger partial charge in [-0.25, -0.2) is 0 Å². The maximum Gasteiger partial charge on any atom is 0.253 e. The molecule has 0 radical (unpaired) electrons. The molecule has 1 fully saturated rings. The molecule has 1 aromatic carbocycles. The minimum atomic E-state index is 0.00503. The number of hydrogen-bond acceptors (Lipinski definition) is 3. The number of benzene rings is 1. The number of rotatable bonds is 5. The van der Waals surface area contributed by atoms with Gasteiger partial charge in [0.2, 0.25) is 5.91 Å². The van der Waals surface area contributed by atoms with Crippen LogP contribution in [0, 0.1) is 18.3 Å². The summed E-state index contributed by atoms with van der Waals surface area (Å²) in [5.41, 5.74) is 8.17. The number of likely N-dealkylation sites (tertiary alicyclic amines) is 1. The molecule has 1 aromatic rings. The third kappa shape index (κ3) is 4.35. The summed E-state index contributed by atoms with van der Waals surface area (Å²) in [6, 6.07) is 5.46. The van der Waals surface area contributed by atoms with Crippen molar-refractivity contribution in [3.8, 4) is 0 Å². The molecule has 1 saturated heterocycles. The fourth-order valence-corrected chi connectivity index (χ4v) is 3.06. The van der Waals surface area contributed by atoms with Crippen molar-refractivity contribution in [2.45, 2.75) is 40.5 Å². The van der Waals surface area contributed by atoms with Gasteiger partial charge < -0.3 is 16.0 Å². The average Bonchev–Trinajstić information content (AvgIpc) is 2.91. The number of nitrogens with two attached hydrogens (primary N) is 1. The van der Waals surface area contributed by atoms with Gasteiger partial charge in [0.25, 0.3) is 5.91 Å². The van der Waals surface area contributed by atoms with Crippen LogP contribution >= 0.6 is 0 Å². The van der Waals surface area contributed by atoms with Crippen LogP contribution < -0.4 is 11.1 Å². The zero-order chi connectivity index (χ0) is 17.9. The van der Waals surface area contributed by atoms with Crippen molar-refractivity contribution < 1.29 is 9.59 Å². The molecule has 132 valence electrons. The first-order valence-corrected chi connectivity index (χ1v) is 8.64. The van der Waals surface area contributed by atoms with E-state index in [-0.39, 0.29) is 17.2 Å². The summed E-state index contributed by atoms with van der Waals surface area (Å²) in [5, 5.41) is 2.92. The Kier molecular flexibility index (Phi) is 5.65. The SMILES string of the molecule is Cc1cc(C(=O)N2CCC(C)(CN)C2)ccc1NC(=O)CC(C)C. The summed E-state index contributed by atoms with van der Waals surface area (Å²) in [5.74, 6) is 0.360. The molecular formula is C19H29N3O2. The number of amides is 2. The number of carbonyl (C=O) groups excluding carboxylic acids is 2. The summed E-state index contributed by atoms with van der Waals surface area (Å²) in [4.78, 5) is 26.5. The predicted molar refractivity (Wildman–Crippen MR) is 96.9 cm³/mol. The van der Waals surface area contributed by atoms with E-state index in [1.54, 1.807) is 6.07 Å². The van der Waals surface area contributed by atoms with Crippen LogP contribution in [-0.2, 0) is 4.79 Å². The van der Waals surface area contributed by atoms with Gasteiger partial charge in [0.15, 0.2) is 0 Å². The van der Waals surface area contributed by atoms with E-state index in [4.69, 9.17) is 5.73 Å². The van der Waals surface area contributed by atoms with Gasteiger partial charge in [-0.15, -0.1) is 0 Å². The molecule has 1 atom stereocenters. The molecule has 0 bridgehead atoms. The smallest absolute Gasteiger partial charge is 0.253 e. The van der Waals surface area contributed by atoms with Crippen molar-refractivity contribution in [2.75, 3.05) is 25.0 Å². The molecule has 0 aliphatic carbocycles. The monoisotopic (exact) mass is 331 g/mol. The van der Waals surface area contributed by atoms with Crippen LogP contribution in [0.5, 0.6) is 0 Å². The number of aryl methyl sites for hydroxylation is 1. The van der Waals surface area contributed by atoms with Gasteiger partial charge in [-0.3, -0.25) is 9.59 Å². The lowest BCUT2D eigenvalue weighted by molar-refractivity contribution is -0.116. The van der Waals surface area contributed by atoms with Gasteiger partial charge in [0, 0.05) is 30.8 Å². The molecule has 0 saturated carbocycles. The van der Waals surface area contributed by atoms with E-state index in [9.17, 15) is 9.59 Å². The summed E-state index contributed by atoms with van der Waals surface area (Å²) in [6.07, 6.45) is 1.43. The Hall–Kier alpha value is -1.88. The highest BCUT2D eigenvalue weighted by molar-refractivity contribution is 5.96. The van der Waals surface area contributed by atoms with Crippen molar-refractivity contribution in [1.29, 1.82) is 0 Å². The zero-order valence-electron chi connectivity index (χ0n) is 15.2. The molecule has 1 unspecified atom stereocenters. The molecule has 24 heavy (non-hydrogen) atoms. The molecule has 1 aliphatic heterocycles.